The van der Waals surface area contributed by atoms with Crippen molar-refractivity contribution in [3.63, 3.8) is 0 Å². The summed E-state index contributed by atoms with van der Waals surface area (Å²) in [5, 5.41) is 13.9. The van der Waals surface area contributed by atoms with E-state index in [1.165, 1.54) is 29.2 Å². The zero-order valence-corrected chi connectivity index (χ0v) is 17.8. The first-order valence-corrected chi connectivity index (χ1v) is 11.5. The SMILES string of the molecule is O=C(CSc1ncn[nH]1)N1N=C2C(=Cc3ccccc3)CCCC2C1c1ccccc1. The van der Waals surface area contributed by atoms with Crippen LogP contribution in [-0.4, -0.2) is 37.6 Å². The minimum atomic E-state index is -0.0708. The highest BCUT2D eigenvalue weighted by atomic mass is 32.2. The Morgan fingerprint density at radius 2 is 1.90 bits per heavy atom. The summed E-state index contributed by atoms with van der Waals surface area (Å²) in [6.07, 6.45) is 6.79. The number of hydrogen-bond donors (Lipinski definition) is 1. The molecule has 0 saturated heterocycles. The van der Waals surface area contributed by atoms with Crippen LogP contribution in [-0.2, 0) is 4.79 Å². The van der Waals surface area contributed by atoms with Crippen LogP contribution in [0.1, 0.15) is 36.4 Å². The highest BCUT2D eigenvalue weighted by molar-refractivity contribution is 7.99. The van der Waals surface area contributed by atoms with Gasteiger partial charge in [-0.3, -0.25) is 9.89 Å². The van der Waals surface area contributed by atoms with Gasteiger partial charge in [-0.05, 0) is 42.0 Å². The molecule has 1 N–H and O–H groups in total. The smallest absolute Gasteiger partial charge is 0.253 e. The summed E-state index contributed by atoms with van der Waals surface area (Å²) in [5.74, 6) is 0.460. The molecule has 0 spiro atoms. The molecule has 1 aromatic heterocycles. The number of rotatable bonds is 5. The molecule has 2 aromatic carbocycles. The van der Waals surface area contributed by atoms with E-state index in [1.807, 2.05) is 36.4 Å². The van der Waals surface area contributed by atoms with Crippen molar-refractivity contribution in [3.8, 4) is 0 Å². The molecule has 0 bridgehead atoms. The lowest BCUT2D eigenvalue weighted by molar-refractivity contribution is -0.130. The molecule has 2 unspecified atom stereocenters. The van der Waals surface area contributed by atoms with Crippen LogP contribution in [0.5, 0.6) is 0 Å². The molecule has 1 amide bonds. The molecule has 2 atom stereocenters. The van der Waals surface area contributed by atoms with Crippen molar-refractivity contribution in [2.45, 2.75) is 30.5 Å². The Kier molecular flexibility index (Phi) is 5.67. The van der Waals surface area contributed by atoms with E-state index in [2.05, 4.69) is 45.5 Å². The zero-order chi connectivity index (χ0) is 21.0. The van der Waals surface area contributed by atoms with Gasteiger partial charge in [0.1, 0.15) is 6.33 Å². The van der Waals surface area contributed by atoms with Gasteiger partial charge in [-0.15, -0.1) is 0 Å². The maximum absolute atomic E-state index is 13.2. The Labute approximate surface area is 185 Å². The second-order valence-corrected chi connectivity index (χ2v) is 8.70. The van der Waals surface area contributed by atoms with Gasteiger partial charge in [0.2, 0.25) is 0 Å². The van der Waals surface area contributed by atoms with Crippen molar-refractivity contribution in [3.05, 3.63) is 83.7 Å². The number of hydrogen-bond acceptors (Lipinski definition) is 5. The first kappa shape index (κ1) is 19.8. The molecule has 7 heteroatoms. The van der Waals surface area contributed by atoms with Crippen LogP contribution in [0, 0.1) is 5.92 Å². The summed E-state index contributed by atoms with van der Waals surface area (Å²) < 4.78 is 0. The van der Waals surface area contributed by atoms with Gasteiger partial charge in [0.15, 0.2) is 5.16 Å². The van der Waals surface area contributed by atoms with Gasteiger partial charge in [-0.25, -0.2) is 9.99 Å². The van der Waals surface area contributed by atoms with Gasteiger partial charge in [0, 0.05) is 5.92 Å². The number of thioether (sulfide) groups is 1. The third-order valence-electron chi connectivity index (χ3n) is 5.76. The van der Waals surface area contributed by atoms with E-state index < -0.39 is 0 Å². The minimum absolute atomic E-state index is 0.0174. The number of fused-ring (bicyclic) bond motifs is 1. The van der Waals surface area contributed by atoms with Crippen LogP contribution in [0.2, 0.25) is 0 Å². The maximum Gasteiger partial charge on any atom is 0.253 e. The molecule has 1 aliphatic carbocycles. The number of allylic oxidation sites excluding steroid dienone is 1. The van der Waals surface area contributed by atoms with E-state index in [0.29, 0.717) is 5.16 Å². The van der Waals surface area contributed by atoms with Crippen LogP contribution < -0.4 is 0 Å². The Bertz CT molecular complexity index is 1100. The average Bonchev–Trinajstić information content (AvgIpc) is 3.47. The van der Waals surface area contributed by atoms with Crippen LogP contribution in [0.25, 0.3) is 6.08 Å². The summed E-state index contributed by atoms with van der Waals surface area (Å²) in [7, 11) is 0. The van der Waals surface area contributed by atoms with Crippen molar-refractivity contribution in [2.24, 2.45) is 11.0 Å². The average molecular weight is 430 g/mol. The predicted octanol–water partition coefficient (Wildman–Crippen LogP) is 4.72. The fourth-order valence-electron chi connectivity index (χ4n) is 4.40. The van der Waals surface area contributed by atoms with Gasteiger partial charge in [0.25, 0.3) is 5.91 Å². The Balaban J connectivity index is 1.47. The Morgan fingerprint density at radius 3 is 2.65 bits per heavy atom. The molecule has 6 nitrogen and oxygen atoms in total. The van der Waals surface area contributed by atoms with Crippen molar-refractivity contribution >= 4 is 29.5 Å². The third-order valence-corrected chi connectivity index (χ3v) is 6.63. The Morgan fingerprint density at radius 1 is 1.13 bits per heavy atom. The maximum atomic E-state index is 13.2. The number of hydrazone groups is 1. The van der Waals surface area contributed by atoms with E-state index in [0.717, 1.165) is 30.5 Å². The number of amides is 1. The van der Waals surface area contributed by atoms with Crippen molar-refractivity contribution in [1.29, 1.82) is 0 Å². The van der Waals surface area contributed by atoms with E-state index in [9.17, 15) is 4.79 Å². The number of nitrogens with zero attached hydrogens (tertiary/aromatic N) is 4. The number of benzene rings is 2. The fraction of sp³-hybridized carbons (Fsp3) is 0.250. The molecule has 0 radical (unpaired) electrons. The molecule has 3 aromatic rings. The van der Waals surface area contributed by atoms with Crippen molar-refractivity contribution in [1.82, 2.24) is 20.2 Å². The third kappa shape index (κ3) is 4.18. The normalized spacial score (nSPS) is 21.7. The van der Waals surface area contributed by atoms with Crippen molar-refractivity contribution < 1.29 is 4.79 Å². The molecule has 2 heterocycles. The van der Waals surface area contributed by atoms with E-state index in [1.54, 1.807) is 5.01 Å². The number of carbonyl (C=O) groups is 1. The summed E-state index contributed by atoms with van der Waals surface area (Å²) in [4.78, 5) is 17.4. The summed E-state index contributed by atoms with van der Waals surface area (Å²) in [5.41, 5.74) is 4.59. The molecular formula is C24H23N5OS. The standard InChI is InChI=1S/C24H23N5OS/c30-21(15-31-24-25-16-26-27-24)29-23(18-10-5-2-6-11-18)20-13-7-12-19(22(20)28-29)14-17-8-3-1-4-9-17/h1-6,8-11,14,16,20,23H,7,12-13,15H2,(H,25,26,27). The summed E-state index contributed by atoms with van der Waals surface area (Å²) >= 11 is 1.35. The van der Waals surface area contributed by atoms with E-state index in [-0.39, 0.29) is 23.6 Å². The summed E-state index contributed by atoms with van der Waals surface area (Å²) in [6.45, 7) is 0. The lowest BCUT2D eigenvalue weighted by atomic mass is 9.77. The van der Waals surface area contributed by atoms with E-state index in [4.69, 9.17) is 5.10 Å². The van der Waals surface area contributed by atoms with Crippen LogP contribution >= 0.6 is 11.8 Å². The first-order valence-electron chi connectivity index (χ1n) is 10.5. The molecule has 1 saturated carbocycles. The first-order chi connectivity index (χ1) is 15.3. The molecule has 2 aliphatic rings. The fourth-order valence-corrected chi connectivity index (χ4v) is 5.03. The second-order valence-electron chi connectivity index (χ2n) is 7.74. The van der Waals surface area contributed by atoms with Gasteiger partial charge in [0.05, 0.1) is 17.5 Å². The predicted molar refractivity (Wildman–Crippen MR) is 122 cm³/mol. The summed E-state index contributed by atoms with van der Waals surface area (Å²) in [6, 6.07) is 20.5. The van der Waals surface area contributed by atoms with Gasteiger partial charge in [-0.1, -0.05) is 72.4 Å². The second kappa shape index (κ2) is 8.89. The van der Waals surface area contributed by atoms with Crippen LogP contribution in [0.15, 0.2) is 82.8 Å². The lowest BCUT2D eigenvalue weighted by Gasteiger charge is -2.29. The lowest BCUT2D eigenvalue weighted by Crippen LogP contribution is -2.32. The molecule has 31 heavy (non-hydrogen) atoms. The molecule has 156 valence electrons. The quantitative estimate of drug-likeness (QED) is 0.596. The highest BCUT2D eigenvalue weighted by Crippen LogP contribution is 2.44. The van der Waals surface area contributed by atoms with Crippen LogP contribution in [0.3, 0.4) is 0 Å². The van der Waals surface area contributed by atoms with Gasteiger partial charge in [-0.2, -0.15) is 10.2 Å². The number of nitrogens with one attached hydrogen (secondary N) is 1. The van der Waals surface area contributed by atoms with Crippen LogP contribution in [0.4, 0.5) is 0 Å². The topological polar surface area (TPSA) is 74.2 Å². The monoisotopic (exact) mass is 429 g/mol. The number of aromatic amines is 1. The largest absolute Gasteiger partial charge is 0.272 e. The molecule has 1 aliphatic heterocycles. The number of aromatic nitrogens is 3. The number of H-pyrrole nitrogens is 1. The highest BCUT2D eigenvalue weighted by Gasteiger charge is 2.43. The minimum Gasteiger partial charge on any atom is -0.272 e. The van der Waals surface area contributed by atoms with Gasteiger partial charge >= 0.3 is 0 Å². The molecular weight excluding hydrogens is 406 g/mol. The van der Waals surface area contributed by atoms with Crippen molar-refractivity contribution in [2.75, 3.05) is 5.75 Å². The Hall–Kier alpha value is -3.19. The van der Waals surface area contributed by atoms with Gasteiger partial charge < -0.3 is 0 Å². The number of carbonyl (C=O) groups excluding carboxylic acids is 1. The zero-order valence-electron chi connectivity index (χ0n) is 17.0. The van der Waals surface area contributed by atoms with E-state index >= 15 is 0 Å². The molecule has 1 fully saturated rings. The molecule has 5 rings (SSSR count).